The van der Waals surface area contributed by atoms with Crippen LogP contribution in [0.25, 0.3) is 0 Å². The van der Waals surface area contributed by atoms with Gasteiger partial charge in [0.15, 0.2) is 0 Å². The Kier molecular flexibility index (Phi) is 3.91. The number of nitrogens with one attached hydrogen (secondary N) is 1. The Hall–Kier alpha value is -1.64. The summed E-state index contributed by atoms with van der Waals surface area (Å²) in [5.74, 6) is 0.268. The second-order valence-electron chi connectivity index (χ2n) is 4.14. The smallest absolute Gasteiger partial charge is 0.268 e. The molecule has 0 radical (unpaired) electrons. The molecule has 1 aliphatic rings. The van der Waals surface area contributed by atoms with Gasteiger partial charge >= 0.3 is 0 Å². The van der Waals surface area contributed by atoms with Crippen LogP contribution in [0.1, 0.15) is 5.56 Å². The molecule has 1 aromatic rings. The molecule has 2 rings (SSSR count). The standard InChI is InChI=1S/C12H15N3O2/c13-6-11-2-1-4-15(12(11)16)8-10-7-14-3-5-17-9-10/h1-2,4,10,14H,3,5,7-9H2. The average molecular weight is 233 g/mol. The molecular formula is C12H15N3O2. The summed E-state index contributed by atoms with van der Waals surface area (Å²) in [4.78, 5) is 11.8. The molecule has 90 valence electrons. The first kappa shape index (κ1) is 11.8. The van der Waals surface area contributed by atoms with Crippen LogP contribution in [0.3, 0.4) is 0 Å². The monoisotopic (exact) mass is 233 g/mol. The fraction of sp³-hybridized carbons (Fsp3) is 0.500. The molecular weight excluding hydrogens is 218 g/mol. The number of aromatic nitrogens is 1. The number of ether oxygens (including phenoxy) is 1. The lowest BCUT2D eigenvalue weighted by atomic mass is 10.1. The van der Waals surface area contributed by atoms with Crippen molar-refractivity contribution in [2.24, 2.45) is 5.92 Å². The first-order valence-corrected chi connectivity index (χ1v) is 5.69. The van der Waals surface area contributed by atoms with Gasteiger partial charge in [-0.2, -0.15) is 5.26 Å². The van der Waals surface area contributed by atoms with Crippen molar-refractivity contribution in [3.63, 3.8) is 0 Å². The highest BCUT2D eigenvalue weighted by Gasteiger charge is 2.14. The Morgan fingerprint density at radius 3 is 3.35 bits per heavy atom. The molecule has 1 saturated heterocycles. The van der Waals surface area contributed by atoms with Crippen molar-refractivity contribution < 1.29 is 4.74 Å². The summed E-state index contributed by atoms with van der Waals surface area (Å²) in [7, 11) is 0. The van der Waals surface area contributed by atoms with Gasteiger partial charge < -0.3 is 14.6 Å². The van der Waals surface area contributed by atoms with Crippen molar-refractivity contribution in [3.8, 4) is 6.07 Å². The zero-order valence-electron chi connectivity index (χ0n) is 9.56. The number of nitrogens with zero attached hydrogens (tertiary/aromatic N) is 2. The van der Waals surface area contributed by atoms with Crippen molar-refractivity contribution in [2.75, 3.05) is 26.3 Å². The molecule has 1 aliphatic heterocycles. The highest BCUT2D eigenvalue weighted by molar-refractivity contribution is 5.24. The summed E-state index contributed by atoms with van der Waals surface area (Å²) in [5, 5.41) is 12.1. The quantitative estimate of drug-likeness (QED) is 0.778. The Balaban J connectivity index is 2.13. The highest BCUT2D eigenvalue weighted by atomic mass is 16.5. The summed E-state index contributed by atoms with van der Waals surface area (Å²) in [5.41, 5.74) is -0.0331. The summed E-state index contributed by atoms with van der Waals surface area (Å²) in [6, 6.07) is 5.17. The van der Waals surface area contributed by atoms with Gasteiger partial charge in [-0.05, 0) is 12.1 Å². The van der Waals surface area contributed by atoms with E-state index in [0.717, 1.165) is 13.1 Å². The minimum Gasteiger partial charge on any atom is -0.380 e. The van der Waals surface area contributed by atoms with Crippen LogP contribution in [-0.4, -0.2) is 30.9 Å². The van der Waals surface area contributed by atoms with Gasteiger partial charge in [-0.15, -0.1) is 0 Å². The maximum atomic E-state index is 11.8. The molecule has 1 aromatic heterocycles. The molecule has 0 aliphatic carbocycles. The van der Waals surface area contributed by atoms with Gasteiger partial charge in [-0.3, -0.25) is 4.79 Å². The van der Waals surface area contributed by atoms with Gasteiger partial charge in [0.05, 0.1) is 13.2 Å². The Labute approximate surface area is 99.6 Å². The number of hydrogen-bond donors (Lipinski definition) is 1. The Morgan fingerprint density at radius 2 is 2.53 bits per heavy atom. The summed E-state index contributed by atoms with van der Waals surface area (Å²) in [6.07, 6.45) is 1.72. The van der Waals surface area contributed by atoms with E-state index in [1.165, 1.54) is 0 Å². The van der Waals surface area contributed by atoms with Crippen LogP contribution >= 0.6 is 0 Å². The molecule has 1 N–H and O–H groups in total. The summed E-state index contributed by atoms with van der Waals surface area (Å²) < 4.78 is 7.02. The second-order valence-corrected chi connectivity index (χ2v) is 4.14. The highest BCUT2D eigenvalue weighted by Crippen LogP contribution is 2.03. The van der Waals surface area contributed by atoms with E-state index >= 15 is 0 Å². The fourth-order valence-electron chi connectivity index (χ4n) is 1.92. The second kappa shape index (κ2) is 5.62. The lowest BCUT2D eigenvalue weighted by Crippen LogP contribution is -2.31. The van der Waals surface area contributed by atoms with Crippen LogP contribution in [0.2, 0.25) is 0 Å². The summed E-state index contributed by atoms with van der Waals surface area (Å²) >= 11 is 0. The maximum absolute atomic E-state index is 11.8. The fourth-order valence-corrected chi connectivity index (χ4v) is 1.92. The van der Waals surface area contributed by atoms with E-state index in [1.807, 2.05) is 6.07 Å². The third kappa shape index (κ3) is 2.93. The molecule has 0 amide bonds. The van der Waals surface area contributed by atoms with Crippen molar-refractivity contribution in [3.05, 3.63) is 34.2 Å². The van der Waals surface area contributed by atoms with Gasteiger partial charge in [-0.25, -0.2) is 0 Å². The molecule has 0 bridgehead atoms. The first-order chi connectivity index (χ1) is 8.31. The minimum atomic E-state index is -0.223. The number of hydrogen-bond acceptors (Lipinski definition) is 4. The first-order valence-electron chi connectivity index (χ1n) is 5.69. The number of pyridine rings is 1. The van der Waals surface area contributed by atoms with Crippen LogP contribution < -0.4 is 10.9 Å². The predicted octanol–water partition coefficient (Wildman–Crippen LogP) is -0.0440. The van der Waals surface area contributed by atoms with Crippen LogP contribution in [-0.2, 0) is 11.3 Å². The van der Waals surface area contributed by atoms with Crippen molar-refractivity contribution in [1.82, 2.24) is 9.88 Å². The van der Waals surface area contributed by atoms with Crippen LogP contribution in [0.5, 0.6) is 0 Å². The molecule has 2 heterocycles. The molecule has 0 saturated carbocycles. The van der Waals surface area contributed by atoms with E-state index in [2.05, 4.69) is 5.32 Å². The normalized spacial score (nSPS) is 20.5. The average Bonchev–Trinajstić information content (AvgIpc) is 2.60. The molecule has 0 spiro atoms. The zero-order chi connectivity index (χ0) is 12.1. The third-order valence-corrected chi connectivity index (χ3v) is 2.81. The summed E-state index contributed by atoms with van der Waals surface area (Å²) in [6.45, 7) is 3.63. The minimum absolute atomic E-state index is 0.190. The predicted molar refractivity (Wildman–Crippen MR) is 62.6 cm³/mol. The van der Waals surface area contributed by atoms with Gasteiger partial charge in [0.2, 0.25) is 0 Å². The van der Waals surface area contributed by atoms with Crippen LogP contribution in [0.15, 0.2) is 23.1 Å². The lowest BCUT2D eigenvalue weighted by molar-refractivity contribution is 0.117. The maximum Gasteiger partial charge on any atom is 0.268 e. The van der Waals surface area contributed by atoms with E-state index in [4.69, 9.17) is 10.00 Å². The van der Waals surface area contributed by atoms with Crippen LogP contribution in [0.4, 0.5) is 0 Å². The molecule has 5 nitrogen and oxygen atoms in total. The van der Waals surface area contributed by atoms with E-state index in [9.17, 15) is 4.79 Å². The van der Waals surface area contributed by atoms with Crippen molar-refractivity contribution in [1.29, 1.82) is 5.26 Å². The van der Waals surface area contributed by atoms with Gasteiger partial charge in [-0.1, -0.05) is 0 Å². The van der Waals surface area contributed by atoms with E-state index in [0.29, 0.717) is 19.8 Å². The molecule has 5 heteroatoms. The van der Waals surface area contributed by atoms with E-state index in [1.54, 1.807) is 22.9 Å². The molecule has 0 aromatic carbocycles. The topological polar surface area (TPSA) is 67.1 Å². The lowest BCUT2D eigenvalue weighted by Gasteiger charge is -2.15. The largest absolute Gasteiger partial charge is 0.380 e. The van der Waals surface area contributed by atoms with Crippen LogP contribution in [0, 0.1) is 17.2 Å². The van der Waals surface area contributed by atoms with Gasteiger partial charge in [0.1, 0.15) is 11.6 Å². The van der Waals surface area contributed by atoms with Gasteiger partial charge in [0, 0.05) is 31.7 Å². The Bertz CT molecular complexity index is 467. The Morgan fingerprint density at radius 1 is 1.65 bits per heavy atom. The third-order valence-electron chi connectivity index (χ3n) is 2.81. The number of nitriles is 1. The SMILES string of the molecule is N#Cc1cccn(CC2CNCCOC2)c1=O. The van der Waals surface area contributed by atoms with Crippen molar-refractivity contribution >= 4 is 0 Å². The molecule has 1 unspecified atom stereocenters. The van der Waals surface area contributed by atoms with E-state index in [-0.39, 0.29) is 17.0 Å². The molecule has 1 atom stereocenters. The van der Waals surface area contributed by atoms with Crippen molar-refractivity contribution in [2.45, 2.75) is 6.54 Å². The molecule has 17 heavy (non-hydrogen) atoms. The van der Waals surface area contributed by atoms with E-state index < -0.39 is 0 Å². The zero-order valence-corrected chi connectivity index (χ0v) is 9.56. The molecule has 1 fully saturated rings. The number of rotatable bonds is 2. The van der Waals surface area contributed by atoms with Gasteiger partial charge in [0.25, 0.3) is 5.56 Å².